The molecular formula is C16H22F2N2O. The first kappa shape index (κ1) is 15.9. The zero-order chi connectivity index (χ0) is 15.4. The average Bonchev–Trinajstić information content (AvgIpc) is 2.51. The first-order valence-electron chi connectivity index (χ1n) is 7.55. The minimum atomic E-state index is -1.07. The van der Waals surface area contributed by atoms with Crippen molar-refractivity contribution in [3.05, 3.63) is 35.4 Å². The summed E-state index contributed by atoms with van der Waals surface area (Å²) in [6, 6.07) is 3.74. The van der Waals surface area contributed by atoms with E-state index in [1.165, 1.54) is 12.1 Å². The van der Waals surface area contributed by atoms with Gasteiger partial charge in [0, 0.05) is 12.6 Å². The number of carbonyl (C=O) groups excluding carboxylic acids is 1. The van der Waals surface area contributed by atoms with Crippen LogP contribution in [0.15, 0.2) is 18.2 Å². The normalized spacial score (nSPS) is 22.1. The van der Waals surface area contributed by atoms with Crippen molar-refractivity contribution in [3.8, 4) is 0 Å². The van der Waals surface area contributed by atoms with E-state index in [-0.39, 0.29) is 17.5 Å². The third-order valence-electron chi connectivity index (χ3n) is 4.36. The molecule has 3 nitrogen and oxygen atoms in total. The number of hydrogen-bond acceptors (Lipinski definition) is 2. The highest BCUT2D eigenvalue weighted by atomic mass is 19.2. The zero-order valence-electron chi connectivity index (χ0n) is 12.3. The van der Waals surface area contributed by atoms with Gasteiger partial charge < -0.3 is 10.6 Å². The van der Waals surface area contributed by atoms with Gasteiger partial charge in [-0.1, -0.05) is 18.9 Å². The summed E-state index contributed by atoms with van der Waals surface area (Å²) in [4.78, 5) is 14.2. The van der Waals surface area contributed by atoms with Crippen molar-refractivity contribution in [1.29, 1.82) is 0 Å². The minimum Gasteiger partial charge on any atom is -0.336 e. The van der Waals surface area contributed by atoms with Gasteiger partial charge >= 0.3 is 0 Å². The van der Waals surface area contributed by atoms with Crippen LogP contribution in [0.3, 0.4) is 0 Å². The van der Waals surface area contributed by atoms with Crippen molar-refractivity contribution >= 4 is 5.91 Å². The molecule has 0 bridgehead atoms. The molecule has 0 aliphatic heterocycles. The summed E-state index contributed by atoms with van der Waals surface area (Å²) in [5.74, 6) is -2.27. The summed E-state index contributed by atoms with van der Waals surface area (Å²) in [5.41, 5.74) is 5.61. The SMILES string of the molecule is CCN(C(=O)c1cccc(F)c1F)C1CCCCC1CN. The molecule has 0 saturated heterocycles. The lowest BCUT2D eigenvalue weighted by atomic mass is 9.83. The predicted molar refractivity (Wildman–Crippen MR) is 77.9 cm³/mol. The lowest BCUT2D eigenvalue weighted by Crippen LogP contribution is -2.48. The largest absolute Gasteiger partial charge is 0.336 e. The van der Waals surface area contributed by atoms with E-state index < -0.39 is 17.5 Å². The minimum absolute atomic E-state index is 0.0175. The van der Waals surface area contributed by atoms with Gasteiger partial charge in [0.15, 0.2) is 11.6 Å². The molecule has 1 saturated carbocycles. The number of carbonyl (C=O) groups is 1. The van der Waals surface area contributed by atoms with E-state index in [4.69, 9.17) is 5.73 Å². The Morgan fingerprint density at radius 2 is 2.05 bits per heavy atom. The van der Waals surface area contributed by atoms with E-state index in [0.29, 0.717) is 13.1 Å². The number of nitrogens with two attached hydrogens (primary N) is 1. The Bertz CT molecular complexity index is 507. The number of rotatable bonds is 4. The first-order valence-corrected chi connectivity index (χ1v) is 7.55. The Labute approximate surface area is 124 Å². The molecule has 2 rings (SSSR count). The third kappa shape index (κ3) is 3.23. The van der Waals surface area contributed by atoms with Gasteiger partial charge in [0.05, 0.1) is 5.56 Å². The highest BCUT2D eigenvalue weighted by Gasteiger charge is 2.32. The lowest BCUT2D eigenvalue weighted by molar-refractivity contribution is 0.0554. The number of nitrogens with zero attached hydrogens (tertiary/aromatic N) is 1. The van der Waals surface area contributed by atoms with Crippen molar-refractivity contribution in [2.24, 2.45) is 11.7 Å². The Morgan fingerprint density at radius 3 is 2.71 bits per heavy atom. The first-order chi connectivity index (χ1) is 10.1. The number of hydrogen-bond donors (Lipinski definition) is 1. The summed E-state index contributed by atoms with van der Waals surface area (Å²) in [7, 11) is 0. The van der Waals surface area contributed by atoms with Gasteiger partial charge in [-0.05, 0) is 44.4 Å². The number of amides is 1. The molecule has 5 heteroatoms. The molecule has 1 amide bonds. The smallest absolute Gasteiger partial charge is 0.257 e. The van der Waals surface area contributed by atoms with Crippen molar-refractivity contribution in [3.63, 3.8) is 0 Å². The van der Waals surface area contributed by atoms with Crippen molar-refractivity contribution in [2.45, 2.75) is 38.6 Å². The summed E-state index contributed by atoms with van der Waals surface area (Å²) in [5, 5.41) is 0. The molecular weight excluding hydrogens is 274 g/mol. The molecule has 2 N–H and O–H groups in total. The average molecular weight is 296 g/mol. The Morgan fingerprint density at radius 1 is 1.33 bits per heavy atom. The summed E-state index contributed by atoms with van der Waals surface area (Å²) in [6.07, 6.45) is 4.00. The van der Waals surface area contributed by atoms with Gasteiger partial charge in [-0.3, -0.25) is 4.79 Å². The van der Waals surface area contributed by atoms with E-state index in [9.17, 15) is 13.6 Å². The van der Waals surface area contributed by atoms with Crippen LogP contribution in [0.4, 0.5) is 8.78 Å². The van der Waals surface area contributed by atoms with Crippen LogP contribution in [-0.4, -0.2) is 29.9 Å². The molecule has 1 aliphatic carbocycles. The van der Waals surface area contributed by atoms with Gasteiger partial charge in [0.1, 0.15) is 0 Å². The number of benzene rings is 1. The number of halogens is 2. The van der Waals surface area contributed by atoms with Gasteiger partial charge in [0.2, 0.25) is 0 Å². The molecule has 21 heavy (non-hydrogen) atoms. The van der Waals surface area contributed by atoms with Crippen LogP contribution in [0.25, 0.3) is 0 Å². The van der Waals surface area contributed by atoms with Gasteiger partial charge in [-0.15, -0.1) is 0 Å². The molecule has 1 fully saturated rings. The zero-order valence-corrected chi connectivity index (χ0v) is 12.3. The Balaban J connectivity index is 2.27. The molecule has 2 atom stereocenters. The van der Waals surface area contributed by atoms with E-state index in [0.717, 1.165) is 31.7 Å². The van der Waals surface area contributed by atoms with Gasteiger partial charge in [0.25, 0.3) is 5.91 Å². The molecule has 0 heterocycles. The molecule has 0 aromatic heterocycles. The molecule has 116 valence electrons. The highest BCUT2D eigenvalue weighted by Crippen LogP contribution is 2.29. The van der Waals surface area contributed by atoms with Crippen molar-refractivity contribution in [1.82, 2.24) is 4.90 Å². The van der Waals surface area contributed by atoms with Crippen LogP contribution in [0.5, 0.6) is 0 Å². The van der Waals surface area contributed by atoms with E-state index in [2.05, 4.69) is 0 Å². The van der Waals surface area contributed by atoms with E-state index >= 15 is 0 Å². The topological polar surface area (TPSA) is 46.3 Å². The molecule has 0 spiro atoms. The molecule has 2 unspecified atom stereocenters. The van der Waals surface area contributed by atoms with Gasteiger partial charge in [-0.2, -0.15) is 0 Å². The fourth-order valence-corrected chi connectivity index (χ4v) is 3.23. The fourth-order valence-electron chi connectivity index (χ4n) is 3.23. The van der Waals surface area contributed by atoms with Crippen LogP contribution in [0.1, 0.15) is 43.0 Å². The van der Waals surface area contributed by atoms with Crippen LogP contribution in [0.2, 0.25) is 0 Å². The Kier molecular flexibility index (Phi) is 5.28. The molecule has 1 aromatic carbocycles. The maximum Gasteiger partial charge on any atom is 0.257 e. The molecule has 1 aromatic rings. The van der Waals surface area contributed by atoms with Crippen molar-refractivity contribution < 1.29 is 13.6 Å². The molecule has 0 radical (unpaired) electrons. The van der Waals surface area contributed by atoms with Crippen LogP contribution in [0, 0.1) is 17.6 Å². The monoisotopic (exact) mass is 296 g/mol. The van der Waals surface area contributed by atoms with Crippen LogP contribution in [-0.2, 0) is 0 Å². The van der Waals surface area contributed by atoms with Crippen LogP contribution < -0.4 is 5.73 Å². The summed E-state index contributed by atoms with van der Waals surface area (Å²) >= 11 is 0. The summed E-state index contributed by atoms with van der Waals surface area (Å²) < 4.78 is 27.2. The standard InChI is InChI=1S/C16H22F2N2O/c1-2-20(14-9-4-3-6-11(14)10-19)16(21)12-7-5-8-13(17)15(12)18/h5,7-8,11,14H,2-4,6,9-10,19H2,1H3. The Hall–Kier alpha value is -1.49. The maximum atomic E-state index is 13.8. The van der Waals surface area contributed by atoms with Crippen molar-refractivity contribution in [2.75, 3.05) is 13.1 Å². The van der Waals surface area contributed by atoms with E-state index in [1.807, 2.05) is 6.92 Å². The second-order valence-corrected chi connectivity index (χ2v) is 5.54. The predicted octanol–water partition coefficient (Wildman–Crippen LogP) is 2.94. The second kappa shape index (κ2) is 6.98. The highest BCUT2D eigenvalue weighted by molar-refractivity contribution is 5.94. The van der Waals surface area contributed by atoms with Gasteiger partial charge in [-0.25, -0.2) is 8.78 Å². The quantitative estimate of drug-likeness (QED) is 0.928. The third-order valence-corrected chi connectivity index (χ3v) is 4.36. The summed E-state index contributed by atoms with van der Waals surface area (Å²) in [6.45, 7) is 2.84. The van der Waals surface area contributed by atoms with Crippen LogP contribution >= 0.6 is 0 Å². The lowest BCUT2D eigenvalue weighted by Gasteiger charge is -2.39. The second-order valence-electron chi connectivity index (χ2n) is 5.54. The fraction of sp³-hybridized carbons (Fsp3) is 0.562. The maximum absolute atomic E-state index is 13.8. The molecule has 1 aliphatic rings. The van der Waals surface area contributed by atoms with E-state index in [1.54, 1.807) is 4.90 Å².